The molecule has 17 heavy (non-hydrogen) atoms. The number of nitrogens with one attached hydrogen (secondary N) is 1. The summed E-state index contributed by atoms with van der Waals surface area (Å²) in [5.41, 5.74) is 0.524. The highest BCUT2D eigenvalue weighted by atomic mass is 15.2. The Hall–Kier alpha value is -0.120. The molecule has 1 aliphatic rings. The SMILES string of the molecule is CCN(CC1(CC)CCNC1)C(C)CN(C)C. The quantitative estimate of drug-likeness (QED) is 0.731. The molecule has 2 atom stereocenters. The zero-order chi connectivity index (χ0) is 12.9. The van der Waals surface area contributed by atoms with Crippen LogP contribution in [0.1, 0.15) is 33.6 Å². The van der Waals surface area contributed by atoms with Gasteiger partial charge in [-0.05, 0) is 52.4 Å². The molecular formula is C14H31N3. The van der Waals surface area contributed by atoms with Crippen LogP contribution < -0.4 is 5.32 Å². The van der Waals surface area contributed by atoms with Gasteiger partial charge in [-0.25, -0.2) is 0 Å². The fourth-order valence-electron chi connectivity index (χ4n) is 3.00. The largest absolute Gasteiger partial charge is 0.316 e. The minimum absolute atomic E-state index is 0.524. The molecule has 1 N–H and O–H groups in total. The van der Waals surface area contributed by atoms with Gasteiger partial charge in [0.05, 0.1) is 0 Å². The Morgan fingerprint density at radius 1 is 1.29 bits per heavy atom. The van der Waals surface area contributed by atoms with Crippen LogP contribution in [0.15, 0.2) is 0 Å². The normalized spacial score (nSPS) is 27.0. The number of hydrogen-bond acceptors (Lipinski definition) is 3. The van der Waals surface area contributed by atoms with E-state index in [1.165, 1.54) is 32.5 Å². The first-order valence-electron chi connectivity index (χ1n) is 7.12. The van der Waals surface area contributed by atoms with Crippen molar-refractivity contribution in [2.24, 2.45) is 5.41 Å². The predicted octanol–water partition coefficient (Wildman–Crippen LogP) is 1.65. The van der Waals surface area contributed by atoms with E-state index < -0.39 is 0 Å². The van der Waals surface area contributed by atoms with Crippen LogP contribution in [0.5, 0.6) is 0 Å². The fraction of sp³-hybridized carbons (Fsp3) is 1.00. The molecule has 0 aromatic rings. The van der Waals surface area contributed by atoms with Gasteiger partial charge in [-0.1, -0.05) is 13.8 Å². The van der Waals surface area contributed by atoms with E-state index in [4.69, 9.17) is 0 Å². The van der Waals surface area contributed by atoms with Crippen LogP contribution in [0.4, 0.5) is 0 Å². The van der Waals surface area contributed by atoms with Gasteiger partial charge in [0.2, 0.25) is 0 Å². The first-order chi connectivity index (χ1) is 8.03. The lowest BCUT2D eigenvalue weighted by atomic mass is 9.83. The van der Waals surface area contributed by atoms with Crippen molar-refractivity contribution < 1.29 is 0 Å². The highest BCUT2D eigenvalue weighted by molar-refractivity contribution is 4.90. The number of hydrogen-bond donors (Lipinski definition) is 1. The van der Waals surface area contributed by atoms with Crippen molar-refractivity contribution in [2.45, 2.75) is 39.7 Å². The standard InChI is InChI=1S/C14H31N3/c1-6-14(8-9-15-11-14)12-17(7-2)13(3)10-16(4)5/h13,15H,6-12H2,1-5H3. The number of likely N-dealkylation sites (N-methyl/N-ethyl adjacent to an activating group) is 2. The van der Waals surface area contributed by atoms with E-state index in [-0.39, 0.29) is 0 Å². The van der Waals surface area contributed by atoms with E-state index in [2.05, 4.69) is 50.0 Å². The molecular weight excluding hydrogens is 210 g/mol. The Balaban J connectivity index is 2.55. The van der Waals surface area contributed by atoms with Gasteiger partial charge in [-0.2, -0.15) is 0 Å². The molecule has 2 unspecified atom stereocenters. The molecule has 0 radical (unpaired) electrons. The van der Waals surface area contributed by atoms with Gasteiger partial charge in [0.15, 0.2) is 0 Å². The molecule has 1 aliphatic heterocycles. The average Bonchev–Trinajstić information content (AvgIpc) is 2.74. The maximum Gasteiger partial charge on any atom is 0.0194 e. The Morgan fingerprint density at radius 3 is 2.41 bits per heavy atom. The summed E-state index contributed by atoms with van der Waals surface area (Å²) >= 11 is 0. The van der Waals surface area contributed by atoms with Crippen LogP contribution in [0, 0.1) is 5.41 Å². The van der Waals surface area contributed by atoms with Crippen LogP contribution in [-0.2, 0) is 0 Å². The third-order valence-corrected chi connectivity index (χ3v) is 4.28. The molecule has 3 heteroatoms. The number of rotatable bonds is 7. The zero-order valence-electron chi connectivity index (χ0n) is 12.4. The van der Waals surface area contributed by atoms with E-state index in [1.807, 2.05) is 0 Å². The van der Waals surface area contributed by atoms with Crippen molar-refractivity contribution in [3.8, 4) is 0 Å². The van der Waals surface area contributed by atoms with Crippen LogP contribution in [-0.4, -0.2) is 62.7 Å². The average molecular weight is 241 g/mol. The molecule has 0 aromatic carbocycles. The Bertz CT molecular complexity index is 210. The minimum atomic E-state index is 0.524. The third-order valence-electron chi connectivity index (χ3n) is 4.28. The van der Waals surface area contributed by atoms with E-state index in [1.54, 1.807) is 0 Å². The molecule has 0 amide bonds. The molecule has 0 bridgehead atoms. The molecule has 0 spiro atoms. The van der Waals surface area contributed by atoms with Crippen molar-refractivity contribution in [2.75, 3.05) is 46.8 Å². The molecule has 1 rings (SSSR count). The van der Waals surface area contributed by atoms with Crippen LogP contribution in [0.25, 0.3) is 0 Å². The fourth-order valence-corrected chi connectivity index (χ4v) is 3.00. The summed E-state index contributed by atoms with van der Waals surface area (Å²) in [7, 11) is 4.33. The summed E-state index contributed by atoms with van der Waals surface area (Å²) in [5, 5.41) is 3.54. The van der Waals surface area contributed by atoms with Crippen molar-refractivity contribution in [3.05, 3.63) is 0 Å². The predicted molar refractivity (Wildman–Crippen MR) is 75.5 cm³/mol. The lowest BCUT2D eigenvalue weighted by molar-refractivity contribution is 0.112. The van der Waals surface area contributed by atoms with Crippen LogP contribution in [0.2, 0.25) is 0 Å². The van der Waals surface area contributed by atoms with Crippen LogP contribution in [0.3, 0.4) is 0 Å². The van der Waals surface area contributed by atoms with Gasteiger partial charge < -0.3 is 10.2 Å². The summed E-state index contributed by atoms with van der Waals surface area (Å²) in [6, 6.07) is 0.652. The first kappa shape index (κ1) is 14.9. The molecule has 1 fully saturated rings. The summed E-state index contributed by atoms with van der Waals surface area (Å²) in [6.07, 6.45) is 2.64. The summed E-state index contributed by atoms with van der Waals surface area (Å²) in [5.74, 6) is 0. The monoisotopic (exact) mass is 241 g/mol. The Kier molecular flexibility index (Phi) is 5.90. The first-order valence-corrected chi connectivity index (χ1v) is 7.12. The van der Waals surface area contributed by atoms with Crippen LogP contribution >= 0.6 is 0 Å². The smallest absolute Gasteiger partial charge is 0.0194 e. The molecule has 0 aliphatic carbocycles. The highest BCUT2D eigenvalue weighted by Gasteiger charge is 2.34. The van der Waals surface area contributed by atoms with E-state index >= 15 is 0 Å². The molecule has 1 heterocycles. The van der Waals surface area contributed by atoms with Gasteiger partial charge in [0, 0.05) is 25.7 Å². The van der Waals surface area contributed by atoms with E-state index in [0.29, 0.717) is 11.5 Å². The second kappa shape index (κ2) is 6.72. The van der Waals surface area contributed by atoms with Crippen molar-refractivity contribution >= 4 is 0 Å². The molecule has 0 aromatic heterocycles. The topological polar surface area (TPSA) is 18.5 Å². The maximum atomic E-state index is 3.54. The molecule has 3 nitrogen and oxygen atoms in total. The van der Waals surface area contributed by atoms with E-state index in [0.717, 1.165) is 13.1 Å². The third kappa shape index (κ3) is 4.23. The second-order valence-corrected chi connectivity index (χ2v) is 5.95. The summed E-state index contributed by atoms with van der Waals surface area (Å²) < 4.78 is 0. The van der Waals surface area contributed by atoms with Gasteiger partial charge in [-0.3, -0.25) is 4.90 Å². The summed E-state index contributed by atoms with van der Waals surface area (Å²) in [6.45, 7) is 13.0. The van der Waals surface area contributed by atoms with Crippen molar-refractivity contribution in [3.63, 3.8) is 0 Å². The minimum Gasteiger partial charge on any atom is -0.316 e. The van der Waals surface area contributed by atoms with Gasteiger partial charge in [0.1, 0.15) is 0 Å². The van der Waals surface area contributed by atoms with Crippen molar-refractivity contribution in [1.82, 2.24) is 15.1 Å². The van der Waals surface area contributed by atoms with Gasteiger partial charge in [-0.15, -0.1) is 0 Å². The van der Waals surface area contributed by atoms with E-state index in [9.17, 15) is 0 Å². The lowest BCUT2D eigenvalue weighted by Crippen LogP contribution is -2.46. The molecule has 0 saturated carbocycles. The Morgan fingerprint density at radius 2 is 2.00 bits per heavy atom. The van der Waals surface area contributed by atoms with Gasteiger partial charge in [0.25, 0.3) is 0 Å². The van der Waals surface area contributed by atoms with Crippen molar-refractivity contribution in [1.29, 1.82) is 0 Å². The van der Waals surface area contributed by atoms with Gasteiger partial charge >= 0.3 is 0 Å². The Labute approximate surface area is 108 Å². The zero-order valence-corrected chi connectivity index (χ0v) is 12.4. The molecule has 102 valence electrons. The maximum absolute atomic E-state index is 3.54. The summed E-state index contributed by atoms with van der Waals surface area (Å²) in [4.78, 5) is 4.94. The molecule has 1 saturated heterocycles. The lowest BCUT2D eigenvalue weighted by Gasteiger charge is -2.38. The highest BCUT2D eigenvalue weighted by Crippen LogP contribution is 2.30. The number of nitrogens with zero attached hydrogens (tertiary/aromatic N) is 2. The second-order valence-electron chi connectivity index (χ2n) is 5.95.